The number of aromatic nitrogens is 4. The minimum atomic E-state index is -0.295. The lowest BCUT2D eigenvalue weighted by Crippen LogP contribution is -2.31. The van der Waals surface area contributed by atoms with Gasteiger partial charge in [-0.1, -0.05) is 24.3 Å². The van der Waals surface area contributed by atoms with Crippen molar-refractivity contribution in [3.8, 4) is 11.4 Å². The standard InChI is InChI=1S/C22H33N7O7.ClH/c23-36-16-21(31)24-6-8-33-10-12-35-14-13-34-11-9-32-7-5-20(30)25-15-18-1-3-19(4-2-18)22-28-26-17-27-29-22;/h1-4,17H,5-16,23H2,(H,24,31)(H,25,30);1H. The van der Waals surface area contributed by atoms with Crippen LogP contribution in [0.5, 0.6) is 0 Å². The summed E-state index contributed by atoms with van der Waals surface area (Å²) in [7, 11) is 0. The van der Waals surface area contributed by atoms with Gasteiger partial charge in [0.1, 0.15) is 6.61 Å². The van der Waals surface area contributed by atoms with E-state index in [-0.39, 0.29) is 37.2 Å². The Morgan fingerprint density at radius 2 is 1.32 bits per heavy atom. The lowest BCUT2D eigenvalue weighted by atomic mass is 10.1. The van der Waals surface area contributed by atoms with Gasteiger partial charge in [0, 0.05) is 25.1 Å². The molecule has 0 spiro atoms. The van der Waals surface area contributed by atoms with Crippen LogP contribution < -0.4 is 16.5 Å². The third-order valence-electron chi connectivity index (χ3n) is 4.48. The monoisotopic (exact) mass is 543 g/mol. The first-order chi connectivity index (χ1) is 17.7. The third kappa shape index (κ3) is 15.8. The Hall–Kier alpha value is -2.85. The molecular formula is C22H34ClN7O7. The highest BCUT2D eigenvalue weighted by atomic mass is 35.5. The van der Waals surface area contributed by atoms with Gasteiger partial charge in [0.05, 0.1) is 52.9 Å². The molecule has 2 amide bonds. The van der Waals surface area contributed by atoms with Crippen molar-refractivity contribution in [2.75, 3.05) is 66.0 Å². The Morgan fingerprint density at radius 1 is 0.757 bits per heavy atom. The molecule has 15 heteroatoms. The minimum absolute atomic E-state index is 0. The van der Waals surface area contributed by atoms with E-state index in [0.717, 1.165) is 11.1 Å². The molecule has 0 fully saturated rings. The van der Waals surface area contributed by atoms with E-state index in [9.17, 15) is 9.59 Å². The quantitative estimate of drug-likeness (QED) is 0.143. The molecule has 0 saturated heterocycles. The lowest BCUT2D eigenvalue weighted by molar-refractivity contribution is -0.126. The molecule has 4 N–H and O–H groups in total. The molecule has 0 bridgehead atoms. The predicted octanol–water partition coefficient (Wildman–Crippen LogP) is -0.565. The molecule has 37 heavy (non-hydrogen) atoms. The first-order valence-corrected chi connectivity index (χ1v) is 11.4. The normalized spacial score (nSPS) is 10.5. The van der Waals surface area contributed by atoms with Crippen molar-refractivity contribution < 1.29 is 33.4 Å². The lowest BCUT2D eigenvalue weighted by Gasteiger charge is -2.08. The number of halogens is 1. The molecule has 14 nitrogen and oxygen atoms in total. The molecule has 2 aromatic rings. The highest BCUT2D eigenvalue weighted by Crippen LogP contribution is 2.13. The van der Waals surface area contributed by atoms with Crippen molar-refractivity contribution in [3.05, 3.63) is 36.2 Å². The summed E-state index contributed by atoms with van der Waals surface area (Å²) in [6, 6.07) is 7.49. The number of carbonyl (C=O) groups excluding carboxylic acids is 2. The number of ether oxygens (including phenoxy) is 4. The molecule has 206 valence electrons. The number of nitrogens with two attached hydrogens (primary N) is 1. The van der Waals surface area contributed by atoms with Crippen molar-refractivity contribution in [1.29, 1.82) is 0 Å². The highest BCUT2D eigenvalue weighted by molar-refractivity contribution is 5.85. The molecule has 0 radical (unpaired) electrons. The minimum Gasteiger partial charge on any atom is -0.379 e. The summed E-state index contributed by atoms with van der Waals surface area (Å²) in [6.07, 6.45) is 1.54. The first kappa shape index (κ1) is 32.2. The summed E-state index contributed by atoms with van der Waals surface area (Å²) in [5.41, 5.74) is 1.76. The van der Waals surface area contributed by atoms with Gasteiger partial charge in [0.25, 0.3) is 0 Å². The maximum absolute atomic E-state index is 12.0. The Bertz CT molecular complexity index is 866. The van der Waals surface area contributed by atoms with Crippen molar-refractivity contribution in [3.63, 3.8) is 0 Å². The van der Waals surface area contributed by atoms with Crippen LogP contribution in [0.15, 0.2) is 30.6 Å². The van der Waals surface area contributed by atoms with Gasteiger partial charge in [-0.15, -0.1) is 32.8 Å². The van der Waals surface area contributed by atoms with Crippen molar-refractivity contribution in [2.45, 2.75) is 13.0 Å². The largest absolute Gasteiger partial charge is 0.379 e. The highest BCUT2D eigenvalue weighted by Gasteiger charge is 2.04. The van der Waals surface area contributed by atoms with E-state index in [1.807, 2.05) is 24.3 Å². The average Bonchev–Trinajstić information content (AvgIpc) is 2.90. The van der Waals surface area contributed by atoms with E-state index in [0.29, 0.717) is 71.8 Å². The van der Waals surface area contributed by atoms with Gasteiger partial charge in [-0.2, -0.15) is 0 Å². The average molecular weight is 544 g/mol. The first-order valence-electron chi connectivity index (χ1n) is 11.4. The Kier molecular flexibility index (Phi) is 18.5. The fourth-order valence-corrected chi connectivity index (χ4v) is 2.70. The van der Waals surface area contributed by atoms with Crippen LogP contribution in [-0.2, 0) is 39.9 Å². The number of rotatable bonds is 20. The number of benzene rings is 1. The molecule has 0 aliphatic heterocycles. The van der Waals surface area contributed by atoms with Gasteiger partial charge in [-0.05, 0) is 5.56 Å². The van der Waals surface area contributed by atoms with Crippen LogP contribution in [0.2, 0.25) is 0 Å². The van der Waals surface area contributed by atoms with Gasteiger partial charge in [-0.25, -0.2) is 5.90 Å². The zero-order valence-electron chi connectivity index (χ0n) is 20.5. The maximum Gasteiger partial charge on any atom is 0.248 e. The van der Waals surface area contributed by atoms with Crippen molar-refractivity contribution in [1.82, 2.24) is 31.0 Å². The van der Waals surface area contributed by atoms with Crippen molar-refractivity contribution >= 4 is 24.2 Å². The summed E-state index contributed by atoms with van der Waals surface area (Å²) >= 11 is 0. The maximum atomic E-state index is 12.0. The van der Waals surface area contributed by atoms with E-state index in [4.69, 9.17) is 24.8 Å². The van der Waals surface area contributed by atoms with Crippen LogP contribution in [0.4, 0.5) is 0 Å². The number of carbonyl (C=O) groups is 2. The van der Waals surface area contributed by atoms with Crippen LogP contribution in [0.3, 0.4) is 0 Å². The summed E-state index contributed by atoms with van der Waals surface area (Å²) in [5.74, 6) is 4.84. The molecular weight excluding hydrogens is 510 g/mol. The Labute approximate surface area is 221 Å². The van der Waals surface area contributed by atoms with Gasteiger partial charge < -0.3 is 29.6 Å². The van der Waals surface area contributed by atoms with Crippen LogP contribution in [0.1, 0.15) is 12.0 Å². The second-order valence-electron chi connectivity index (χ2n) is 7.20. The third-order valence-corrected chi connectivity index (χ3v) is 4.48. The van der Waals surface area contributed by atoms with Gasteiger partial charge >= 0.3 is 0 Å². The molecule has 0 aliphatic rings. The second kappa shape index (κ2) is 21.3. The molecule has 0 unspecified atom stereocenters. The molecule has 2 rings (SSSR count). The number of hydrogen-bond acceptors (Lipinski definition) is 12. The van der Waals surface area contributed by atoms with Crippen LogP contribution in [0.25, 0.3) is 11.4 Å². The molecule has 0 atom stereocenters. The Balaban J connectivity index is 0.00000684. The second-order valence-corrected chi connectivity index (χ2v) is 7.20. The van der Waals surface area contributed by atoms with Crippen molar-refractivity contribution in [2.24, 2.45) is 5.90 Å². The van der Waals surface area contributed by atoms with E-state index in [1.54, 1.807) is 0 Å². The molecule has 1 aromatic heterocycles. The molecule has 1 heterocycles. The van der Waals surface area contributed by atoms with Gasteiger partial charge in [0.2, 0.25) is 17.6 Å². The molecule has 0 saturated carbocycles. The van der Waals surface area contributed by atoms with E-state index in [2.05, 4.69) is 35.9 Å². The number of nitrogens with zero attached hydrogens (tertiary/aromatic N) is 4. The smallest absolute Gasteiger partial charge is 0.248 e. The van der Waals surface area contributed by atoms with E-state index < -0.39 is 0 Å². The Morgan fingerprint density at radius 3 is 1.92 bits per heavy atom. The SMILES string of the molecule is Cl.NOCC(=O)NCCOCCOCCOCCOCCC(=O)NCc1ccc(-c2nncnn2)cc1. The van der Waals surface area contributed by atoms with Gasteiger partial charge in [-0.3, -0.25) is 14.4 Å². The fraction of sp³-hybridized carbons (Fsp3) is 0.545. The topological polar surface area (TPSA) is 182 Å². The predicted molar refractivity (Wildman–Crippen MR) is 133 cm³/mol. The van der Waals surface area contributed by atoms with Crippen LogP contribution in [-0.4, -0.2) is 98.2 Å². The fourth-order valence-electron chi connectivity index (χ4n) is 2.70. The zero-order valence-corrected chi connectivity index (χ0v) is 21.3. The molecule has 1 aromatic carbocycles. The van der Waals surface area contributed by atoms with Crippen LogP contribution in [0, 0.1) is 0 Å². The number of nitrogens with one attached hydrogen (secondary N) is 2. The van der Waals surface area contributed by atoms with Crippen LogP contribution >= 0.6 is 12.4 Å². The number of hydrogen-bond donors (Lipinski definition) is 3. The summed E-state index contributed by atoms with van der Waals surface area (Å²) < 4.78 is 21.5. The van der Waals surface area contributed by atoms with E-state index >= 15 is 0 Å². The summed E-state index contributed by atoms with van der Waals surface area (Å²) in [6.45, 7) is 3.82. The zero-order chi connectivity index (χ0) is 25.7. The molecule has 0 aliphatic carbocycles. The summed E-state index contributed by atoms with van der Waals surface area (Å²) in [4.78, 5) is 27.2. The number of amides is 2. The van der Waals surface area contributed by atoms with Gasteiger partial charge in [0.15, 0.2) is 6.33 Å². The summed E-state index contributed by atoms with van der Waals surface area (Å²) in [5, 5.41) is 20.7. The van der Waals surface area contributed by atoms with E-state index in [1.165, 1.54) is 6.33 Å².